The molecule has 29 heavy (non-hydrogen) atoms. The van der Waals surface area contributed by atoms with Crippen molar-refractivity contribution >= 4 is 49.9 Å². The number of rotatable bonds is 13. The van der Waals surface area contributed by atoms with E-state index in [0.717, 1.165) is 10.8 Å². The predicted octanol–water partition coefficient (Wildman–Crippen LogP) is 8.00. The number of thiocarbonyl (C=S) groups is 1. The molecular formula is C24H38N2S3. The van der Waals surface area contributed by atoms with Crippen LogP contribution in [0.3, 0.4) is 0 Å². The highest BCUT2D eigenvalue weighted by molar-refractivity contribution is 8.23. The number of nitrogens with two attached hydrogens (primary N) is 1. The van der Waals surface area contributed by atoms with Crippen molar-refractivity contribution in [3.63, 3.8) is 0 Å². The SMILES string of the molecule is CCCCc1c(CCCC)c(CCCC)c2sc(SC(N)=S)nc2c1CCCC. The van der Waals surface area contributed by atoms with Gasteiger partial charge in [0.25, 0.3) is 0 Å². The fourth-order valence-corrected chi connectivity index (χ4v) is 6.35. The van der Waals surface area contributed by atoms with Crippen LogP contribution in [0.1, 0.15) is 101 Å². The minimum absolute atomic E-state index is 0.465. The highest BCUT2D eigenvalue weighted by Gasteiger charge is 2.22. The summed E-state index contributed by atoms with van der Waals surface area (Å²) in [6, 6.07) is 0. The Hall–Kier alpha value is -0.650. The van der Waals surface area contributed by atoms with E-state index in [2.05, 4.69) is 27.7 Å². The molecule has 162 valence electrons. The summed E-state index contributed by atoms with van der Waals surface area (Å²) in [6.07, 6.45) is 14.6. The third-order valence-corrected chi connectivity index (χ3v) is 7.70. The van der Waals surface area contributed by atoms with Gasteiger partial charge in [-0.2, -0.15) is 0 Å². The maximum Gasteiger partial charge on any atom is 0.158 e. The molecule has 1 heterocycles. The number of thioether (sulfide) groups is 1. The van der Waals surface area contributed by atoms with Gasteiger partial charge in [-0.15, -0.1) is 11.3 Å². The van der Waals surface area contributed by atoms with E-state index in [1.54, 1.807) is 16.7 Å². The Kier molecular flexibility index (Phi) is 11.0. The first-order valence-corrected chi connectivity index (χ1v) is 13.5. The van der Waals surface area contributed by atoms with Crippen molar-refractivity contribution in [3.05, 3.63) is 22.3 Å². The van der Waals surface area contributed by atoms with E-state index < -0.39 is 0 Å². The second kappa shape index (κ2) is 12.9. The van der Waals surface area contributed by atoms with E-state index in [4.69, 9.17) is 22.9 Å². The molecule has 0 bridgehead atoms. The van der Waals surface area contributed by atoms with Crippen molar-refractivity contribution in [3.8, 4) is 0 Å². The maximum atomic E-state index is 5.84. The minimum Gasteiger partial charge on any atom is -0.384 e. The normalized spacial score (nSPS) is 11.4. The number of nitrogens with zero attached hydrogens (tertiary/aromatic N) is 1. The molecule has 0 aliphatic carbocycles. The van der Waals surface area contributed by atoms with Crippen LogP contribution in [-0.2, 0) is 25.7 Å². The summed E-state index contributed by atoms with van der Waals surface area (Å²) in [7, 11) is 0. The van der Waals surface area contributed by atoms with Crippen LogP contribution in [-0.4, -0.2) is 9.30 Å². The van der Waals surface area contributed by atoms with Crippen LogP contribution in [0.2, 0.25) is 0 Å². The second-order valence-electron chi connectivity index (χ2n) is 7.91. The molecule has 2 nitrogen and oxygen atoms in total. The van der Waals surface area contributed by atoms with E-state index >= 15 is 0 Å². The van der Waals surface area contributed by atoms with Crippen molar-refractivity contribution in [2.45, 2.75) is 109 Å². The van der Waals surface area contributed by atoms with Crippen LogP contribution in [0.4, 0.5) is 0 Å². The summed E-state index contributed by atoms with van der Waals surface area (Å²) in [5.41, 5.74) is 13.5. The molecule has 0 saturated carbocycles. The van der Waals surface area contributed by atoms with Gasteiger partial charge in [0.05, 0.1) is 10.2 Å². The standard InChI is InChI=1S/C24H38N2S3/c1-5-9-13-17-18(14-10-6-2)20(16-12-8-4)22-21(19(17)15-11-7-3)26-24(28-22)29-23(25)27/h5-16H2,1-4H3,(H2,25,27). The number of fused-ring (bicyclic) bond motifs is 1. The van der Waals surface area contributed by atoms with E-state index in [1.165, 1.54) is 98.2 Å². The zero-order valence-electron chi connectivity index (χ0n) is 18.7. The summed E-state index contributed by atoms with van der Waals surface area (Å²) >= 11 is 8.43. The lowest BCUT2D eigenvalue weighted by molar-refractivity contribution is 0.724. The first kappa shape index (κ1) is 24.6. The molecule has 0 fully saturated rings. The number of hydrogen-bond acceptors (Lipinski definition) is 4. The molecular weight excluding hydrogens is 412 g/mol. The molecule has 0 unspecified atom stereocenters. The Morgan fingerprint density at radius 2 is 1.24 bits per heavy atom. The van der Waals surface area contributed by atoms with Crippen LogP contribution in [0.15, 0.2) is 4.34 Å². The lowest BCUT2D eigenvalue weighted by Gasteiger charge is -2.21. The Morgan fingerprint density at radius 3 is 1.72 bits per heavy atom. The van der Waals surface area contributed by atoms with Crippen LogP contribution in [0.5, 0.6) is 0 Å². The summed E-state index contributed by atoms with van der Waals surface area (Å²) in [5, 5.41) is 0. The van der Waals surface area contributed by atoms with Gasteiger partial charge in [0.15, 0.2) is 4.34 Å². The molecule has 2 rings (SSSR count). The van der Waals surface area contributed by atoms with E-state index in [0.29, 0.717) is 4.32 Å². The average Bonchev–Trinajstić information content (AvgIpc) is 3.10. The fraction of sp³-hybridized carbons (Fsp3) is 0.667. The Balaban J connectivity index is 2.75. The number of aryl methyl sites for hydroxylation is 2. The molecule has 0 spiro atoms. The van der Waals surface area contributed by atoms with Gasteiger partial charge in [-0.25, -0.2) is 4.98 Å². The molecule has 2 aromatic rings. The van der Waals surface area contributed by atoms with Gasteiger partial charge < -0.3 is 5.73 Å². The van der Waals surface area contributed by atoms with Crippen molar-refractivity contribution < 1.29 is 0 Å². The summed E-state index contributed by atoms with van der Waals surface area (Å²) in [6.45, 7) is 9.17. The second-order valence-corrected chi connectivity index (χ2v) is 10.9. The number of thiazole rings is 1. The Labute approximate surface area is 191 Å². The van der Waals surface area contributed by atoms with Gasteiger partial charge >= 0.3 is 0 Å². The highest BCUT2D eigenvalue weighted by atomic mass is 32.2. The van der Waals surface area contributed by atoms with E-state index in [9.17, 15) is 0 Å². The fourth-order valence-electron chi connectivity index (χ4n) is 4.04. The van der Waals surface area contributed by atoms with Crippen molar-refractivity contribution in [1.29, 1.82) is 0 Å². The number of hydrogen-bond donors (Lipinski definition) is 1. The van der Waals surface area contributed by atoms with Gasteiger partial charge in [-0.1, -0.05) is 65.6 Å². The zero-order chi connectivity index (χ0) is 21.2. The Bertz CT molecular complexity index is 738. The quantitative estimate of drug-likeness (QED) is 0.248. The zero-order valence-corrected chi connectivity index (χ0v) is 21.2. The van der Waals surface area contributed by atoms with Crippen molar-refractivity contribution in [2.24, 2.45) is 5.73 Å². The molecule has 2 N–H and O–H groups in total. The van der Waals surface area contributed by atoms with E-state index in [-0.39, 0.29) is 0 Å². The number of aromatic nitrogens is 1. The average molecular weight is 451 g/mol. The molecule has 1 aromatic carbocycles. The lowest BCUT2D eigenvalue weighted by atomic mass is 9.85. The van der Waals surface area contributed by atoms with E-state index in [1.807, 2.05) is 11.3 Å². The van der Waals surface area contributed by atoms with Crippen LogP contribution < -0.4 is 5.73 Å². The molecule has 0 amide bonds. The summed E-state index contributed by atoms with van der Waals surface area (Å²) in [5.74, 6) is 0. The van der Waals surface area contributed by atoms with Gasteiger partial charge in [0, 0.05) is 0 Å². The number of benzene rings is 1. The van der Waals surface area contributed by atoms with Gasteiger partial charge in [-0.3, -0.25) is 0 Å². The topological polar surface area (TPSA) is 38.9 Å². The van der Waals surface area contributed by atoms with Crippen molar-refractivity contribution in [2.75, 3.05) is 0 Å². The number of unbranched alkanes of at least 4 members (excludes halogenated alkanes) is 4. The van der Waals surface area contributed by atoms with Crippen LogP contribution in [0, 0.1) is 0 Å². The summed E-state index contributed by atoms with van der Waals surface area (Å²) < 4.78 is 2.89. The Morgan fingerprint density at radius 1 is 0.793 bits per heavy atom. The molecule has 5 heteroatoms. The predicted molar refractivity (Wildman–Crippen MR) is 137 cm³/mol. The molecule has 0 radical (unpaired) electrons. The molecule has 1 aromatic heterocycles. The minimum atomic E-state index is 0.465. The molecule has 0 aliphatic heterocycles. The molecule has 0 atom stereocenters. The smallest absolute Gasteiger partial charge is 0.158 e. The first-order chi connectivity index (χ1) is 14.1. The molecule has 0 aliphatic rings. The first-order valence-electron chi connectivity index (χ1n) is 11.5. The molecule has 0 saturated heterocycles. The van der Waals surface area contributed by atoms with Gasteiger partial charge in [0.1, 0.15) is 4.32 Å². The van der Waals surface area contributed by atoms with Crippen LogP contribution >= 0.6 is 35.3 Å². The van der Waals surface area contributed by atoms with Crippen molar-refractivity contribution in [1.82, 2.24) is 4.98 Å². The lowest BCUT2D eigenvalue weighted by Crippen LogP contribution is -2.07. The monoisotopic (exact) mass is 450 g/mol. The third-order valence-electron chi connectivity index (χ3n) is 5.57. The summed E-state index contributed by atoms with van der Waals surface area (Å²) in [4.78, 5) is 5.08. The van der Waals surface area contributed by atoms with Gasteiger partial charge in [-0.05, 0) is 85.4 Å². The highest BCUT2D eigenvalue weighted by Crippen LogP contribution is 2.40. The largest absolute Gasteiger partial charge is 0.384 e. The third kappa shape index (κ3) is 6.67. The van der Waals surface area contributed by atoms with Gasteiger partial charge in [0.2, 0.25) is 0 Å². The maximum absolute atomic E-state index is 5.84. The van der Waals surface area contributed by atoms with Crippen LogP contribution in [0.25, 0.3) is 10.2 Å².